The van der Waals surface area contributed by atoms with E-state index in [0.29, 0.717) is 0 Å². The molecule has 0 aliphatic carbocycles. The van der Waals surface area contributed by atoms with Crippen molar-refractivity contribution < 1.29 is 0 Å². The smallest absolute Gasteiger partial charge is 0.0849 e. The van der Waals surface area contributed by atoms with Crippen LogP contribution in [0.4, 0.5) is 0 Å². The van der Waals surface area contributed by atoms with Crippen molar-refractivity contribution in [2.45, 2.75) is 0 Å². The summed E-state index contributed by atoms with van der Waals surface area (Å²) in [5.74, 6) is 0. The third-order valence-corrected chi connectivity index (χ3v) is 5.04. The van der Waals surface area contributed by atoms with Gasteiger partial charge < -0.3 is 0 Å². The van der Waals surface area contributed by atoms with Gasteiger partial charge in [0, 0.05) is 20.1 Å². The van der Waals surface area contributed by atoms with Crippen LogP contribution in [0.5, 0.6) is 0 Å². The van der Waals surface area contributed by atoms with Gasteiger partial charge in [0.1, 0.15) is 0 Å². The highest BCUT2D eigenvalue weighted by atomic mass is 127. The Hall–Kier alpha value is -2.20. The fraction of sp³-hybridized carbons (Fsp3) is 0. The highest BCUT2D eigenvalue weighted by molar-refractivity contribution is 14.1. The number of rotatable bonds is 2. The number of halogens is 1. The minimum Gasteiger partial charge on any atom is -0.246 e. The van der Waals surface area contributed by atoms with E-state index in [1.165, 1.54) is 14.3 Å². The Morgan fingerprint density at radius 2 is 1.00 bits per heavy atom. The maximum atomic E-state index is 5.03. The topological polar surface area (TPSA) is 12.9 Å². The van der Waals surface area contributed by atoms with Crippen molar-refractivity contribution in [3.05, 3.63) is 88.5 Å². The van der Waals surface area contributed by atoms with E-state index in [4.69, 9.17) is 4.98 Å². The molecule has 0 aliphatic heterocycles. The molecule has 0 atom stereocenters. The molecule has 1 aromatic heterocycles. The molecule has 0 amide bonds. The Balaban J connectivity index is 2.08. The quantitative estimate of drug-likeness (QED) is 0.362. The van der Waals surface area contributed by atoms with Gasteiger partial charge in [-0.2, -0.15) is 0 Å². The van der Waals surface area contributed by atoms with Gasteiger partial charge >= 0.3 is 0 Å². The van der Waals surface area contributed by atoms with Crippen molar-refractivity contribution >= 4 is 33.4 Å². The average molecular weight is 407 g/mol. The first-order valence-electron chi connectivity index (χ1n) is 7.53. The van der Waals surface area contributed by atoms with E-state index in [2.05, 4.69) is 95.4 Å². The predicted molar refractivity (Wildman–Crippen MR) is 105 cm³/mol. The van der Waals surface area contributed by atoms with Gasteiger partial charge in [-0.15, -0.1) is 0 Å². The molecule has 0 fully saturated rings. The minimum atomic E-state index is 1.04. The van der Waals surface area contributed by atoms with Crippen molar-refractivity contribution in [2.75, 3.05) is 0 Å². The van der Waals surface area contributed by atoms with Gasteiger partial charge in [-0.25, -0.2) is 4.98 Å². The normalized spacial score (nSPS) is 10.8. The molecular formula is C21H14IN. The Kier molecular flexibility index (Phi) is 3.83. The monoisotopic (exact) mass is 407 g/mol. The summed E-state index contributed by atoms with van der Waals surface area (Å²) in [6.07, 6.45) is 0. The number of pyridine rings is 1. The molecule has 0 aliphatic rings. The number of hydrogen-bond acceptors (Lipinski definition) is 1. The lowest BCUT2D eigenvalue weighted by Crippen LogP contribution is -1.95. The molecule has 4 rings (SSSR count). The fourth-order valence-electron chi connectivity index (χ4n) is 2.83. The van der Waals surface area contributed by atoms with E-state index in [-0.39, 0.29) is 0 Å². The van der Waals surface area contributed by atoms with E-state index in [1.54, 1.807) is 0 Å². The first kappa shape index (κ1) is 14.4. The van der Waals surface area contributed by atoms with Gasteiger partial charge in [-0.05, 0) is 28.0 Å². The van der Waals surface area contributed by atoms with Crippen molar-refractivity contribution in [3.8, 4) is 22.5 Å². The summed E-state index contributed by atoms with van der Waals surface area (Å²) in [4.78, 5) is 5.03. The first-order chi connectivity index (χ1) is 11.3. The van der Waals surface area contributed by atoms with Gasteiger partial charge in [-0.1, -0.05) is 84.9 Å². The van der Waals surface area contributed by atoms with E-state index < -0.39 is 0 Å². The molecule has 23 heavy (non-hydrogen) atoms. The van der Waals surface area contributed by atoms with Crippen LogP contribution in [0.15, 0.2) is 84.9 Å². The second kappa shape index (κ2) is 6.13. The molecule has 110 valence electrons. The molecule has 1 heterocycles. The summed E-state index contributed by atoms with van der Waals surface area (Å²) in [6, 6.07) is 29.3. The van der Waals surface area contributed by atoms with Crippen molar-refractivity contribution in [1.29, 1.82) is 0 Å². The van der Waals surface area contributed by atoms with Gasteiger partial charge in [0.05, 0.1) is 11.4 Å². The molecule has 3 aromatic carbocycles. The SMILES string of the molecule is Ic1c(-c2ccccc2)nc(-c2ccccc2)c2ccccc12. The second-order valence-electron chi connectivity index (χ2n) is 5.40. The molecule has 0 N–H and O–H groups in total. The van der Waals surface area contributed by atoms with E-state index in [1.807, 2.05) is 12.1 Å². The number of aromatic nitrogens is 1. The number of nitrogens with zero attached hydrogens (tertiary/aromatic N) is 1. The van der Waals surface area contributed by atoms with Crippen molar-refractivity contribution in [2.24, 2.45) is 0 Å². The zero-order valence-corrected chi connectivity index (χ0v) is 14.6. The summed E-state index contributed by atoms with van der Waals surface area (Å²) in [6.45, 7) is 0. The first-order valence-corrected chi connectivity index (χ1v) is 8.61. The Labute approximate surface area is 149 Å². The van der Waals surface area contributed by atoms with Gasteiger partial charge in [0.2, 0.25) is 0 Å². The number of benzene rings is 3. The number of hydrogen-bond donors (Lipinski definition) is 0. The Morgan fingerprint density at radius 1 is 0.522 bits per heavy atom. The Bertz CT molecular complexity index is 963. The third kappa shape index (κ3) is 2.63. The lowest BCUT2D eigenvalue weighted by Gasteiger charge is -2.13. The fourth-order valence-corrected chi connectivity index (χ4v) is 3.74. The molecule has 4 aromatic rings. The predicted octanol–water partition coefficient (Wildman–Crippen LogP) is 6.17. The molecule has 0 unspecified atom stereocenters. The van der Waals surface area contributed by atoms with Gasteiger partial charge in [-0.3, -0.25) is 0 Å². The van der Waals surface area contributed by atoms with Crippen LogP contribution in [-0.2, 0) is 0 Å². The minimum absolute atomic E-state index is 1.04. The van der Waals surface area contributed by atoms with E-state index >= 15 is 0 Å². The highest BCUT2D eigenvalue weighted by Gasteiger charge is 2.14. The second-order valence-corrected chi connectivity index (χ2v) is 6.48. The van der Waals surface area contributed by atoms with Crippen LogP contribution in [0, 0.1) is 3.57 Å². The van der Waals surface area contributed by atoms with Crippen LogP contribution in [0.1, 0.15) is 0 Å². The molecule has 0 bridgehead atoms. The molecule has 1 nitrogen and oxygen atoms in total. The third-order valence-electron chi connectivity index (χ3n) is 3.94. The molecule has 0 saturated heterocycles. The maximum absolute atomic E-state index is 5.03. The van der Waals surface area contributed by atoms with Crippen LogP contribution in [0.25, 0.3) is 33.3 Å². The summed E-state index contributed by atoms with van der Waals surface area (Å²) in [5, 5.41) is 2.45. The van der Waals surface area contributed by atoms with Crippen molar-refractivity contribution in [3.63, 3.8) is 0 Å². The van der Waals surface area contributed by atoms with Crippen molar-refractivity contribution in [1.82, 2.24) is 4.98 Å². The zero-order valence-electron chi connectivity index (χ0n) is 12.4. The summed E-state index contributed by atoms with van der Waals surface area (Å²) >= 11 is 2.42. The van der Waals surface area contributed by atoms with E-state index in [9.17, 15) is 0 Å². The van der Waals surface area contributed by atoms with Crippen LogP contribution >= 0.6 is 22.6 Å². The summed E-state index contributed by atoms with van der Waals surface area (Å²) < 4.78 is 1.20. The lowest BCUT2D eigenvalue weighted by atomic mass is 10.0. The summed E-state index contributed by atoms with van der Waals surface area (Å²) in [7, 11) is 0. The van der Waals surface area contributed by atoms with E-state index in [0.717, 1.165) is 22.5 Å². The van der Waals surface area contributed by atoms with Gasteiger partial charge in [0.15, 0.2) is 0 Å². The standard InChI is InChI=1S/C21H14IN/c22-19-17-13-7-8-14-18(17)20(15-9-3-1-4-10-15)23-21(19)16-11-5-2-6-12-16/h1-14H. The highest BCUT2D eigenvalue weighted by Crippen LogP contribution is 2.35. The zero-order chi connectivity index (χ0) is 15.6. The molecule has 2 heteroatoms. The van der Waals surface area contributed by atoms with Gasteiger partial charge in [0.25, 0.3) is 0 Å². The van der Waals surface area contributed by atoms with Crippen LogP contribution in [-0.4, -0.2) is 4.98 Å². The van der Waals surface area contributed by atoms with Crippen LogP contribution < -0.4 is 0 Å². The molecule has 0 spiro atoms. The lowest BCUT2D eigenvalue weighted by molar-refractivity contribution is 1.33. The molecule has 0 radical (unpaired) electrons. The maximum Gasteiger partial charge on any atom is 0.0849 e. The molecular weight excluding hydrogens is 393 g/mol. The number of fused-ring (bicyclic) bond motifs is 1. The summed E-state index contributed by atoms with van der Waals surface area (Å²) in [5.41, 5.74) is 4.39. The average Bonchev–Trinajstić information content (AvgIpc) is 2.64. The molecule has 0 saturated carbocycles. The van der Waals surface area contributed by atoms with Crippen LogP contribution in [0.2, 0.25) is 0 Å². The Morgan fingerprint density at radius 3 is 1.61 bits per heavy atom. The largest absolute Gasteiger partial charge is 0.246 e. The van der Waals surface area contributed by atoms with Crippen LogP contribution in [0.3, 0.4) is 0 Å².